The fraction of sp³-hybridized carbons (Fsp3) is 0.400. The Kier molecular flexibility index (Phi) is 6.40. The minimum absolute atomic E-state index is 0.0169. The van der Waals surface area contributed by atoms with E-state index in [2.05, 4.69) is 56.3 Å². The van der Waals surface area contributed by atoms with Gasteiger partial charge in [0, 0.05) is 19.4 Å². The van der Waals surface area contributed by atoms with Crippen LogP contribution in [0.4, 0.5) is 0 Å². The Morgan fingerprint density at radius 3 is 2.33 bits per heavy atom. The minimum Gasteiger partial charge on any atom is -0.336 e. The highest BCUT2D eigenvalue weighted by Gasteiger charge is 2.34. The first kappa shape index (κ1) is 21.8. The van der Waals surface area contributed by atoms with Gasteiger partial charge in [0.1, 0.15) is 6.54 Å². The molecule has 1 unspecified atom stereocenters. The van der Waals surface area contributed by atoms with E-state index in [-0.39, 0.29) is 30.3 Å². The Morgan fingerprint density at radius 2 is 1.73 bits per heavy atom. The topological polar surface area (TPSA) is 53.0 Å². The molecule has 30 heavy (non-hydrogen) atoms. The van der Waals surface area contributed by atoms with Gasteiger partial charge in [0.05, 0.1) is 11.8 Å². The number of hydrazone groups is 1. The standard InChI is InChI=1S/C25H31N3O2/c1-16(2)25(30)27(6)15-24(29)28-23(20-10-7-17(3)8-11-20)14-22(26-28)21-12-9-18(4)19(5)13-21/h7-13,16,23H,14-15H2,1-6H3. The van der Waals surface area contributed by atoms with E-state index in [1.165, 1.54) is 21.6 Å². The van der Waals surface area contributed by atoms with Crippen molar-refractivity contribution < 1.29 is 9.59 Å². The van der Waals surface area contributed by atoms with Gasteiger partial charge in [-0.2, -0.15) is 5.10 Å². The van der Waals surface area contributed by atoms with Gasteiger partial charge in [-0.3, -0.25) is 9.59 Å². The molecule has 2 aromatic carbocycles. The van der Waals surface area contributed by atoms with Crippen LogP contribution in [0.5, 0.6) is 0 Å². The van der Waals surface area contributed by atoms with Crippen LogP contribution < -0.4 is 0 Å². The smallest absolute Gasteiger partial charge is 0.262 e. The van der Waals surface area contributed by atoms with Crippen molar-refractivity contribution in [3.8, 4) is 0 Å². The summed E-state index contributed by atoms with van der Waals surface area (Å²) in [4.78, 5) is 26.9. The van der Waals surface area contributed by atoms with E-state index in [0.29, 0.717) is 6.42 Å². The number of hydrogen-bond acceptors (Lipinski definition) is 3. The van der Waals surface area contributed by atoms with Gasteiger partial charge in [-0.25, -0.2) is 5.01 Å². The monoisotopic (exact) mass is 405 g/mol. The number of aryl methyl sites for hydroxylation is 3. The number of hydrogen-bond donors (Lipinski definition) is 0. The largest absolute Gasteiger partial charge is 0.336 e. The zero-order valence-electron chi connectivity index (χ0n) is 18.8. The molecular formula is C25H31N3O2. The van der Waals surface area contributed by atoms with E-state index in [4.69, 9.17) is 5.10 Å². The van der Waals surface area contributed by atoms with Gasteiger partial charge in [-0.05, 0) is 49.1 Å². The summed E-state index contributed by atoms with van der Waals surface area (Å²) >= 11 is 0. The van der Waals surface area contributed by atoms with E-state index >= 15 is 0 Å². The van der Waals surface area contributed by atoms with Crippen LogP contribution in [0.2, 0.25) is 0 Å². The maximum absolute atomic E-state index is 13.2. The molecule has 0 spiro atoms. The first-order chi connectivity index (χ1) is 14.2. The normalized spacial score (nSPS) is 16.0. The highest BCUT2D eigenvalue weighted by atomic mass is 16.2. The minimum atomic E-state index is -0.170. The van der Waals surface area contributed by atoms with E-state index in [0.717, 1.165) is 16.8 Å². The molecule has 0 saturated carbocycles. The second kappa shape index (κ2) is 8.82. The number of likely N-dealkylation sites (N-methyl/N-ethyl adjacent to an activating group) is 1. The number of amides is 2. The van der Waals surface area contributed by atoms with Crippen LogP contribution in [-0.2, 0) is 9.59 Å². The van der Waals surface area contributed by atoms with Gasteiger partial charge in [0.2, 0.25) is 5.91 Å². The average Bonchev–Trinajstić information content (AvgIpc) is 3.15. The number of carbonyl (C=O) groups excluding carboxylic acids is 2. The second-order valence-electron chi connectivity index (χ2n) is 8.56. The summed E-state index contributed by atoms with van der Waals surface area (Å²) in [7, 11) is 1.67. The molecule has 5 nitrogen and oxygen atoms in total. The van der Waals surface area contributed by atoms with Crippen LogP contribution >= 0.6 is 0 Å². The molecule has 158 valence electrons. The van der Waals surface area contributed by atoms with Crippen LogP contribution in [0.1, 0.15) is 54.1 Å². The molecule has 0 radical (unpaired) electrons. The van der Waals surface area contributed by atoms with Crippen LogP contribution in [0, 0.1) is 26.7 Å². The third-order valence-electron chi connectivity index (χ3n) is 5.71. The van der Waals surface area contributed by atoms with Crippen molar-refractivity contribution in [3.05, 3.63) is 70.3 Å². The van der Waals surface area contributed by atoms with Crippen molar-refractivity contribution in [1.29, 1.82) is 0 Å². The number of rotatable bonds is 5. The SMILES string of the molecule is Cc1ccc(C2CC(c3ccc(C)c(C)c3)=NN2C(=O)CN(C)C(=O)C(C)C)cc1. The zero-order chi connectivity index (χ0) is 22.0. The fourth-order valence-corrected chi connectivity index (χ4v) is 3.68. The molecule has 1 heterocycles. The summed E-state index contributed by atoms with van der Waals surface area (Å²) in [5.74, 6) is -0.368. The molecule has 5 heteroatoms. The Morgan fingerprint density at radius 1 is 1.07 bits per heavy atom. The Bertz CT molecular complexity index is 976. The van der Waals surface area contributed by atoms with Crippen LogP contribution in [-0.4, -0.2) is 41.0 Å². The van der Waals surface area contributed by atoms with Crippen molar-refractivity contribution in [2.45, 2.75) is 47.1 Å². The third-order valence-corrected chi connectivity index (χ3v) is 5.71. The van der Waals surface area contributed by atoms with E-state index < -0.39 is 0 Å². The zero-order valence-corrected chi connectivity index (χ0v) is 18.8. The molecule has 2 aromatic rings. The van der Waals surface area contributed by atoms with Gasteiger partial charge in [0.15, 0.2) is 0 Å². The lowest BCUT2D eigenvalue weighted by Crippen LogP contribution is -2.40. The highest BCUT2D eigenvalue weighted by molar-refractivity contribution is 6.03. The molecule has 0 saturated heterocycles. The van der Waals surface area contributed by atoms with Crippen molar-refractivity contribution in [1.82, 2.24) is 9.91 Å². The molecule has 2 amide bonds. The molecule has 1 aliphatic heterocycles. The summed E-state index contributed by atoms with van der Waals surface area (Å²) in [6, 6.07) is 14.3. The lowest BCUT2D eigenvalue weighted by atomic mass is 9.96. The molecule has 3 rings (SSSR count). The maximum atomic E-state index is 13.2. The highest BCUT2D eigenvalue weighted by Crippen LogP contribution is 2.33. The first-order valence-corrected chi connectivity index (χ1v) is 10.5. The van der Waals surface area contributed by atoms with Crippen LogP contribution in [0.25, 0.3) is 0 Å². The molecular weight excluding hydrogens is 374 g/mol. The predicted molar refractivity (Wildman–Crippen MR) is 120 cm³/mol. The van der Waals surface area contributed by atoms with Crippen LogP contribution in [0.3, 0.4) is 0 Å². The number of carbonyl (C=O) groups is 2. The lowest BCUT2D eigenvalue weighted by molar-refractivity contribution is -0.142. The maximum Gasteiger partial charge on any atom is 0.262 e. The first-order valence-electron chi connectivity index (χ1n) is 10.5. The van der Waals surface area contributed by atoms with Gasteiger partial charge in [-0.1, -0.05) is 55.8 Å². The van der Waals surface area contributed by atoms with E-state index in [9.17, 15) is 9.59 Å². The van der Waals surface area contributed by atoms with Crippen LogP contribution in [0.15, 0.2) is 47.6 Å². The number of nitrogens with zero attached hydrogens (tertiary/aromatic N) is 3. The number of benzene rings is 2. The predicted octanol–water partition coefficient (Wildman–Crippen LogP) is 4.40. The van der Waals surface area contributed by atoms with Gasteiger partial charge in [0.25, 0.3) is 5.91 Å². The lowest BCUT2D eigenvalue weighted by Gasteiger charge is -2.25. The van der Waals surface area contributed by atoms with Crippen molar-refractivity contribution in [3.63, 3.8) is 0 Å². The molecule has 0 bridgehead atoms. The summed E-state index contributed by atoms with van der Waals surface area (Å²) in [5.41, 5.74) is 6.59. The molecule has 1 atom stereocenters. The van der Waals surface area contributed by atoms with Crippen molar-refractivity contribution in [2.24, 2.45) is 11.0 Å². The van der Waals surface area contributed by atoms with Crippen molar-refractivity contribution >= 4 is 17.5 Å². The molecule has 0 aliphatic carbocycles. The molecule has 1 aliphatic rings. The Balaban J connectivity index is 1.92. The summed E-state index contributed by atoms with van der Waals surface area (Å²) in [6.07, 6.45) is 0.652. The molecule has 0 N–H and O–H groups in total. The quantitative estimate of drug-likeness (QED) is 0.740. The fourth-order valence-electron chi connectivity index (χ4n) is 3.68. The third kappa shape index (κ3) is 4.61. The van der Waals surface area contributed by atoms with E-state index in [1.807, 2.05) is 20.8 Å². The molecule has 0 fully saturated rings. The Hall–Kier alpha value is -2.95. The Labute approximate surface area is 179 Å². The van der Waals surface area contributed by atoms with Gasteiger partial charge < -0.3 is 4.90 Å². The van der Waals surface area contributed by atoms with Crippen molar-refractivity contribution in [2.75, 3.05) is 13.6 Å². The summed E-state index contributed by atoms with van der Waals surface area (Å²) in [6.45, 7) is 9.91. The molecule has 0 aromatic heterocycles. The van der Waals surface area contributed by atoms with Gasteiger partial charge in [-0.15, -0.1) is 0 Å². The average molecular weight is 406 g/mol. The van der Waals surface area contributed by atoms with E-state index in [1.54, 1.807) is 12.1 Å². The van der Waals surface area contributed by atoms with Gasteiger partial charge >= 0.3 is 0 Å². The summed E-state index contributed by atoms with van der Waals surface area (Å²) in [5, 5.41) is 6.30. The second-order valence-corrected chi connectivity index (χ2v) is 8.56. The summed E-state index contributed by atoms with van der Waals surface area (Å²) < 4.78 is 0.